The second-order valence-electron chi connectivity index (χ2n) is 14.9. The summed E-state index contributed by atoms with van der Waals surface area (Å²) in [5.41, 5.74) is 21.5. The highest BCUT2D eigenvalue weighted by Gasteiger charge is 2.48. The summed E-state index contributed by atoms with van der Waals surface area (Å²) in [6, 6.07) is 46.9. The fourth-order valence-electron chi connectivity index (χ4n) is 9.30. The molecule has 0 heterocycles. The van der Waals surface area contributed by atoms with Crippen LogP contribution in [0.5, 0.6) is 0 Å². The molecule has 0 bridgehead atoms. The van der Waals surface area contributed by atoms with Gasteiger partial charge in [-0.05, 0) is 144 Å². The number of hydrogen-bond donors (Lipinski definition) is 0. The molecule has 0 nitrogen and oxygen atoms in total. The van der Waals surface area contributed by atoms with Gasteiger partial charge in [0.25, 0.3) is 0 Å². The Morgan fingerprint density at radius 3 is 0.720 bits per heavy atom. The van der Waals surface area contributed by atoms with Crippen molar-refractivity contribution in [3.63, 3.8) is 0 Å². The van der Waals surface area contributed by atoms with E-state index in [-0.39, 0.29) is 10.8 Å². The van der Waals surface area contributed by atoms with Crippen LogP contribution in [0.4, 0.5) is 0 Å². The third kappa shape index (κ3) is 5.45. The van der Waals surface area contributed by atoms with Gasteiger partial charge in [-0.1, -0.05) is 147 Å². The summed E-state index contributed by atoms with van der Waals surface area (Å²) < 4.78 is 0. The average molecular weight is 653 g/mol. The van der Waals surface area contributed by atoms with Gasteiger partial charge in [-0.3, -0.25) is 0 Å². The van der Waals surface area contributed by atoms with Crippen molar-refractivity contribution in [3.8, 4) is 44.5 Å². The highest BCUT2D eigenvalue weighted by Crippen LogP contribution is 2.59. The lowest BCUT2D eigenvalue weighted by molar-refractivity contribution is 0.388. The van der Waals surface area contributed by atoms with Crippen LogP contribution in [0.2, 0.25) is 0 Å². The van der Waals surface area contributed by atoms with E-state index in [1.54, 1.807) is 0 Å². The molecule has 0 fully saturated rings. The van der Waals surface area contributed by atoms with Crippen molar-refractivity contribution in [2.24, 2.45) is 0 Å². The Morgan fingerprint density at radius 1 is 0.320 bits per heavy atom. The maximum Gasteiger partial charge on any atom is 0.0204 e. The smallest absolute Gasteiger partial charge is 0.0204 e. The maximum atomic E-state index is 2.62. The first-order valence-corrected chi connectivity index (χ1v) is 18.8. The van der Waals surface area contributed by atoms with Crippen molar-refractivity contribution < 1.29 is 0 Å². The van der Waals surface area contributed by atoms with Crippen LogP contribution in [0.1, 0.15) is 97.9 Å². The molecule has 1 aliphatic carbocycles. The topological polar surface area (TPSA) is 0 Å². The Hall–Kier alpha value is -4.68. The van der Waals surface area contributed by atoms with Gasteiger partial charge in [0.15, 0.2) is 0 Å². The van der Waals surface area contributed by atoms with Crippen molar-refractivity contribution in [2.45, 2.75) is 91.9 Å². The molecular weight excluding hydrogens is 601 g/mol. The molecule has 6 aromatic rings. The van der Waals surface area contributed by atoms with Gasteiger partial charge >= 0.3 is 0 Å². The summed E-state index contributed by atoms with van der Waals surface area (Å²) in [5.74, 6) is 0. The molecule has 1 aliphatic rings. The molecular formula is C50H52. The van der Waals surface area contributed by atoms with Gasteiger partial charge in [0, 0.05) is 10.8 Å². The molecule has 50 heavy (non-hydrogen) atoms. The molecule has 0 spiro atoms. The van der Waals surface area contributed by atoms with Crippen molar-refractivity contribution in [1.82, 2.24) is 0 Å². The van der Waals surface area contributed by atoms with Gasteiger partial charge in [0.2, 0.25) is 0 Å². The molecule has 0 aliphatic heterocycles. The van der Waals surface area contributed by atoms with Crippen molar-refractivity contribution in [2.75, 3.05) is 0 Å². The third-order valence-corrected chi connectivity index (χ3v) is 12.1. The number of aryl methyl sites for hydroxylation is 4. The molecule has 6 aromatic carbocycles. The third-order valence-electron chi connectivity index (χ3n) is 12.1. The van der Waals surface area contributed by atoms with Gasteiger partial charge in [-0.15, -0.1) is 0 Å². The Labute approximate surface area is 301 Å². The standard InChI is InChI=1S/C50H52/c1-9-49(10-2)45-29-41(37-21-13-17-33(5)25-37)43(39-23-15-19-35(7)27-39)31-47(45)50(11-3,12-4)48-32-44(40-24-16-20-36(8)28-40)42(30-46(48)49)38-22-14-18-34(6)26-38/h13-32H,9-12H2,1-8H3. The molecule has 0 unspecified atom stereocenters. The lowest BCUT2D eigenvalue weighted by atomic mass is 9.53. The van der Waals surface area contributed by atoms with Gasteiger partial charge in [-0.2, -0.15) is 0 Å². The summed E-state index contributed by atoms with van der Waals surface area (Å²) in [5, 5.41) is 0. The average Bonchev–Trinajstić information content (AvgIpc) is 3.13. The lowest BCUT2D eigenvalue weighted by Crippen LogP contribution is -2.42. The Balaban J connectivity index is 1.63. The van der Waals surface area contributed by atoms with Gasteiger partial charge in [0.05, 0.1) is 0 Å². The molecule has 252 valence electrons. The molecule has 0 radical (unpaired) electrons. The number of fused-ring (bicyclic) bond motifs is 2. The minimum absolute atomic E-state index is 0.119. The van der Waals surface area contributed by atoms with Crippen LogP contribution < -0.4 is 0 Å². The quantitative estimate of drug-likeness (QED) is 0.153. The van der Waals surface area contributed by atoms with E-state index >= 15 is 0 Å². The van der Waals surface area contributed by atoms with Crippen molar-refractivity contribution in [3.05, 3.63) is 166 Å². The number of benzene rings is 6. The van der Waals surface area contributed by atoms with Gasteiger partial charge in [0.1, 0.15) is 0 Å². The first-order chi connectivity index (χ1) is 24.2. The zero-order chi connectivity index (χ0) is 35.2. The van der Waals surface area contributed by atoms with Crippen LogP contribution in [0.25, 0.3) is 44.5 Å². The highest BCUT2D eigenvalue weighted by atomic mass is 14.5. The molecule has 0 saturated heterocycles. The number of hydrogen-bond acceptors (Lipinski definition) is 0. The Morgan fingerprint density at radius 2 is 0.540 bits per heavy atom. The van der Waals surface area contributed by atoms with Crippen molar-refractivity contribution >= 4 is 0 Å². The fraction of sp³-hybridized carbons (Fsp3) is 0.280. The SMILES string of the molecule is CCC1(CC)c2cc(-c3cccc(C)c3)c(-c3cccc(C)c3)cc2C(CC)(CC)c2cc(-c3cccc(C)c3)c(-c3cccc(C)c3)cc21. The summed E-state index contributed by atoms with van der Waals surface area (Å²) in [4.78, 5) is 0. The zero-order valence-corrected chi connectivity index (χ0v) is 31.4. The monoisotopic (exact) mass is 652 g/mol. The van der Waals surface area contributed by atoms with E-state index in [4.69, 9.17) is 0 Å². The first-order valence-electron chi connectivity index (χ1n) is 18.8. The van der Waals surface area contributed by atoms with Gasteiger partial charge < -0.3 is 0 Å². The Kier molecular flexibility index (Phi) is 8.94. The van der Waals surface area contributed by atoms with E-state index < -0.39 is 0 Å². The van der Waals surface area contributed by atoms with Crippen LogP contribution in [-0.4, -0.2) is 0 Å². The molecule has 7 rings (SSSR count). The van der Waals surface area contributed by atoms with E-state index in [9.17, 15) is 0 Å². The summed E-state index contributed by atoms with van der Waals surface area (Å²) >= 11 is 0. The molecule has 0 heteroatoms. The first kappa shape index (κ1) is 33.8. The molecule has 0 aromatic heterocycles. The largest absolute Gasteiger partial charge is 0.0642 e. The number of rotatable bonds is 8. The predicted molar refractivity (Wildman–Crippen MR) is 216 cm³/mol. The lowest BCUT2D eigenvalue weighted by Gasteiger charge is -2.50. The minimum Gasteiger partial charge on any atom is -0.0642 e. The van der Waals surface area contributed by atoms with Crippen molar-refractivity contribution in [1.29, 1.82) is 0 Å². The molecule has 0 amide bonds. The van der Waals surface area contributed by atoms with Gasteiger partial charge in [-0.25, -0.2) is 0 Å². The van der Waals surface area contributed by atoms with E-state index in [2.05, 4.69) is 177 Å². The zero-order valence-electron chi connectivity index (χ0n) is 31.4. The second-order valence-corrected chi connectivity index (χ2v) is 14.9. The van der Waals surface area contributed by atoms with Crippen LogP contribution >= 0.6 is 0 Å². The fourth-order valence-corrected chi connectivity index (χ4v) is 9.30. The second kappa shape index (κ2) is 13.2. The predicted octanol–water partition coefficient (Wildman–Crippen LogP) is 14.1. The summed E-state index contributed by atoms with van der Waals surface area (Å²) in [6.45, 7) is 18.5. The molecule has 0 saturated carbocycles. The van der Waals surface area contributed by atoms with E-state index in [0.717, 1.165) is 25.7 Å². The van der Waals surface area contributed by atoms with Crippen LogP contribution in [0.3, 0.4) is 0 Å². The van der Waals surface area contributed by atoms with E-state index in [1.807, 2.05) is 0 Å². The maximum absolute atomic E-state index is 2.62. The molecule has 0 atom stereocenters. The summed E-state index contributed by atoms with van der Waals surface area (Å²) in [7, 11) is 0. The van der Waals surface area contributed by atoms with Crippen LogP contribution in [-0.2, 0) is 10.8 Å². The minimum atomic E-state index is -0.119. The highest BCUT2D eigenvalue weighted by molar-refractivity contribution is 5.89. The Bertz CT molecular complexity index is 1890. The van der Waals surface area contributed by atoms with E-state index in [0.29, 0.717) is 0 Å². The van der Waals surface area contributed by atoms with Crippen LogP contribution in [0, 0.1) is 27.7 Å². The van der Waals surface area contributed by atoms with E-state index in [1.165, 1.54) is 89.0 Å². The molecule has 0 N–H and O–H groups in total. The normalized spacial score (nSPS) is 14.2. The summed E-state index contributed by atoms with van der Waals surface area (Å²) in [6.07, 6.45) is 4.17. The van der Waals surface area contributed by atoms with Crippen LogP contribution in [0.15, 0.2) is 121 Å².